The van der Waals surface area contributed by atoms with Gasteiger partial charge in [0.2, 0.25) is 5.56 Å². The van der Waals surface area contributed by atoms with Crippen molar-refractivity contribution in [1.29, 1.82) is 0 Å². The van der Waals surface area contributed by atoms with Crippen molar-refractivity contribution >= 4 is 35.5 Å². The average Bonchev–Trinajstić information content (AvgIpc) is 1.88. The molecule has 11 heavy (non-hydrogen) atoms. The molecule has 53 valence electrons. The van der Waals surface area contributed by atoms with Crippen LogP contribution in [-0.4, -0.2) is 45.6 Å². The summed E-state index contributed by atoms with van der Waals surface area (Å²) in [5.74, 6) is -1.05. The van der Waals surface area contributed by atoms with Crippen LogP contribution in [0.2, 0.25) is 0 Å². The topological polar surface area (TPSA) is 70.2 Å². The third-order valence-corrected chi connectivity index (χ3v) is 1.03. The number of aromatic carboxylic acids is 1. The molecule has 0 amide bonds. The zero-order valence-electron chi connectivity index (χ0n) is 6.00. The van der Waals surface area contributed by atoms with Gasteiger partial charge >= 0.3 is 5.97 Å². The molecule has 1 aromatic rings. The van der Waals surface area contributed by atoms with E-state index >= 15 is 0 Å². The third-order valence-electron chi connectivity index (χ3n) is 1.03. The van der Waals surface area contributed by atoms with Gasteiger partial charge in [-0.05, 0) is 6.07 Å². The largest absolute Gasteiger partial charge is 0.478 e. The number of carboxylic acid groups (broad SMARTS) is 1. The molecular weight excluding hydrogens is 157 g/mol. The predicted molar refractivity (Wildman–Crippen MR) is 39.8 cm³/mol. The number of hydrogen-bond acceptors (Lipinski definition) is 2. The van der Waals surface area contributed by atoms with E-state index in [1.54, 1.807) is 0 Å². The van der Waals surface area contributed by atoms with Crippen LogP contribution in [0.3, 0.4) is 0 Å². The van der Waals surface area contributed by atoms with Crippen molar-refractivity contribution in [3.63, 3.8) is 0 Å². The first-order chi connectivity index (χ1) is 4.70. The van der Waals surface area contributed by atoms with Gasteiger partial charge in [-0.25, -0.2) is 4.79 Å². The molecule has 0 saturated heterocycles. The van der Waals surface area contributed by atoms with E-state index in [-0.39, 0.29) is 40.7 Å². The molecule has 0 bridgehead atoms. The third kappa shape index (κ3) is 2.88. The smallest absolute Gasteiger partial charge is 0.337 e. The molecule has 2 N–H and O–H groups in total. The fourth-order valence-corrected chi connectivity index (χ4v) is 0.544. The van der Waals surface area contributed by atoms with Gasteiger partial charge < -0.3 is 10.1 Å². The van der Waals surface area contributed by atoms with Crippen molar-refractivity contribution in [3.05, 3.63) is 34.2 Å². The number of carbonyl (C=O) groups is 1. The zero-order valence-corrected chi connectivity index (χ0v) is 8.00. The molecule has 5 heteroatoms. The Balaban J connectivity index is 0.000001000. The van der Waals surface area contributed by atoms with Crippen molar-refractivity contribution < 1.29 is 9.90 Å². The van der Waals surface area contributed by atoms with Gasteiger partial charge in [0.15, 0.2) is 0 Å². The number of nitrogens with one attached hydrogen (secondary N) is 1. The van der Waals surface area contributed by atoms with Crippen LogP contribution >= 0.6 is 0 Å². The normalized spacial score (nSPS) is 8.36. The zero-order chi connectivity index (χ0) is 7.56. The molecule has 0 aliphatic rings. The summed E-state index contributed by atoms with van der Waals surface area (Å²) in [5.41, 5.74) is -0.218. The maximum Gasteiger partial charge on any atom is 0.337 e. The SMILES string of the molecule is O=C(O)c1ccc(=O)[nH]c1.[Na]. The molecule has 1 aromatic heterocycles. The quantitative estimate of drug-likeness (QED) is 0.556. The molecule has 0 saturated carbocycles. The maximum atomic E-state index is 10.4. The first-order valence-corrected chi connectivity index (χ1v) is 2.62. The second kappa shape index (κ2) is 4.33. The Morgan fingerprint density at radius 2 is 2.09 bits per heavy atom. The Morgan fingerprint density at radius 3 is 2.45 bits per heavy atom. The van der Waals surface area contributed by atoms with Crippen LogP contribution in [-0.2, 0) is 0 Å². The summed E-state index contributed by atoms with van der Waals surface area (Å²) in [6.45, 7) is 0. The molecular formula is C6H5NNaO3. The van der Waals surface area contributed by atoms with E-state index < -0.39 is 5.97 Å². The van der Waals surface area contributed by atoms with Gasteiger partial charge in [0.1, 0.15) is 0 Å². The number of aromatic nitrogens is 1. The Bertz CT molecular complexity index is 286. The molecule has 0 fully saturated rings. The number of pyridine rings is 1. The van der Waals surface area contributed by atoms with Crippen LogP contribution in [0.15, 0.2) is 23.1 Å². The summed E-state index contributed by atoms with van der Waals surface area (Å²) >= 11 is 0. The van der Waals surface area contributed by atoms with Crippen LogP contribution in [0.5, 0.6) is 0 Å². The van der Waals surface area contributed by atoms with E-state index in [0.29, 0.717) is 0 Å². The molecule has 1 radical (unpaired) electrons. The van der Waals surface area contributed by atoms with Gasteiger partial charge in [-0.3, -0.25) is 4.79 Å². The molecule has 1 rings (SSSR count). The maximum absolute atomic E-state index is 10.4. The summed E-state index contributed by atoms with van der Waals surface area (Å²) in [4.78, 5) is 22.8. The van der Waals surface area contributed by atoms with Crippen LogP contribution in [0, 0.1) is 0 Å². The molecule has 0 atom stereocenters. The van der Waals surface area contributed by atoms with Gasteiger partial charge in [0.25, 0.3) is 0 Å². The Morgan fingerprint density at radius 1 is 1.45 bits per heavy atom. The average molecular weight is 162 g/mol. The van der Waals surface area contributed by atoms with Gasteiger partial charge in [-0.1, -0.05) is 0 Å². The number of hydrogen-bond donors (Lipinski definition) is 2. The van der Waals surface area contributed by atoms with Crippen molar-refractivity contribution in [3.8, 4) is 0 Å². The van der Waals surface area contributed by atoms with Crippen molar-refractivity contribution in [2.24, 2.45) is 0 Å². The van der Waals surface area contributed by atoms with Gasteiger partial charge in [-0.2, -0.15) is 0 Å². The van der Waals surface area contributed by atoms with Gasteiger partial charge in [0.05, 0.1) is 5.56 Å². The number of carboxylic acids is 1. The van der Waals surface area contributed by atoms with E-state index in [0.717, 1.165) is 6.20 Å². The summed E-state index contributed by atoms with van der Waals surface area (Å²) in [7, 11) is 0. The molecule has 0 spiro atoms. The van der Waals surface area contributed by atoms with E-state index in [1.807, 2.05) is 0 Å². The molecule has 4 nitrogen and oxygen atoms in total. The van der Waals surface area contributed by atoms with E-state index in [9.17, 15) is 9.59 Å². The van der Waals surface area contributed by atoms with Crippen LogP contribution in [0.25, 0.3) is 0 Å². The standard InChI is InChI=1S/C6H5NO3.Na/c8-5-2-1-4(3-7-5)6(9)10;/h1-3H,(H,7,8)(H,9,10);. The van der Waals surface area contributed by atoms with E-state index in [2.05, 4.69) is 4.98 Å². The van der Waals surface area contributed by atoms with Crippen LogP contribution in [0.1, 0.15) is 10.4 Å². The first-order valence-electron chi connectivity index (χ1n) is 2.62. The fourth-order valence-electron chi connectivity index (χ4n) is 0.544. The Kier molecular flexibility index (Phi) is 4.10. The second-order valence-electron chi connectivity index (χ2n) is 1.75. The predicted octanol–water partition coefficient (Wildman–Crippen LogP) is -0.308. The molecule has 0 aliphatic carbocycles. The fraction of sp³-hybridized carbons (Fsp3) is 0. The molecule has 0 aliphatic heterocycles. The van der Waals surface area contributed by atoms with Crippen molar-refractivity contribution in [2.45, 2.75) is 0 Å². The van der Waals surface area contributed by atoms with Gasteiger partial charge in [-0.15, -0.1) is 0 Å². The summed E-state index contributed by atoms with van der Waals surface area (Å²) in [6, 6.07) is 2.42. The minimum atomic E-state index is -1.05. The Labute approximate surface area is 84.5 Å². The van der Waals surface area contributed by atoms with Crippen LogP contribution in [0.4, 0.5) is 0 Å². The minimum Gasteiger partial charge on any atom is -0.478 e. The monoisotopic (exact) mass is 162 g/mol. The van der Waals surface area contributed by atoms with Gasteiger partial charge in [0, 0.05) is 41.8 Å². The number of rotatable bonds is 1. The summed E-state index contributed by atoms with van der Waals surface area (Å²) in [6.07, 6.45) is 1.16. The minimum absolute atomic E-state index is 0. The molecule has 0 aromatic carbocycles. The van der Waals surface area contributed by atoms with E-state index in [4.69, 9.17) is 5.11 Å². The molecule has 1 heterocycles. The van der Waals surface area contributed by atoms with Crippen LogP contribution < -0.4 is 5.56 Å². The molecule has 0 unspecified atom stereocenters. The summed E-state index contributed by atoms with van der Waals surface area (Å²) in [5, 5.41) is 8.35. The van der Waals surface area contributed by atoms with Crippen molar-refractivity contribution in [2.75, 3.05) is 0 Å². The number of aromatic amines is 1. The van der Waals surface area contributed by atoms with Crippen molar-refractivity contribution in [1.82, 2.24) is 4.98 Å². The second-order valence-corrected chi connectivity index (χ2v) is 1.75. The number of H-pyrrole nitrogens is 1. The summed E-state index contributed by atoms with van der Waals surface area (Å²) < 4.78 is 0. The Hall–Kier alpha value is -0.580. The first kappa shape index (κ1) is 10.4. The van der Waals surface area contributed by atoms with E-state index in [1.165, 1.54) is 12.1 Å².